The van der Waals surface area contributed by atoms with Crippen molar-refractivity contribution >= 4 is 23.3 Å². The predicted molar refractivity (Wildman–Crippen MR) is 209 cm³/mol. The van der Waals surface area contributed by atoms with Crippen molar-refractivity contribution in [3.05, 3.63) is 58.3 Å². The SMILES string of the molecule is COC(=O)C1=C[C@]23C=C[C@H]4CC[C@H]2CC=C[C@H]([C@@H]1CC(=O)O)[C@@H]3O[C@]1(CO)O[C@H](CO4)[C@]23OC(CCCO)=c4[nH]c([C@H](C)C5CCCCC5)cc4=C2CC[C@@]1(O)[C@H]3O. The highest BCUT2D eigenvalue weighted by atomic mass is 16.7. The van der Waals surface area contributed by atoms with E-state index in [2.05, 4.69) is 18.0 Å². The van der Waals surface area contributed by atoms with Gasteiger partial charge in [-0.25, -0.2) is 4.79 Å². The van der Waals surface area contributed by atoms with Crippen molar-refractivity contribution in [1.29, 1.82) is 0 Å². The van der Waals surface area contributed by atoms with Crippen molar-refractivity contribution in [2.75, 3.05) is 26.9 Å². The molecule has 1 aromatic rings. The van der Waals surface area contributed by atoms with E-state index in [1.807, 2.05) is 24.3 Å². The molecule has 2 saturated carbocycles. The molecule has 0 aromatic carbocycles. The number of aromatic amines is 1. The fourth-order valence-electron chi connectivity index (χ4n) is 12.4. The lowest BCUT2D eigenvalue weighted by molar-refractivity contribution is -0.440. The number of hydrogen-bond donors (Lipinski definition) is 6. The van der Waals surface area contributed by atoms with Crippen LogP contribution < -0.4 is 10.6 Å². The minimum absolute atomic E-state index is 0.0449. The molecule has 0 radical (unpaired) electrons. The maximum atomic E-state index is 13.5. The van der Waals surface area contributed by atoms with E-state index in [1.165, 1.54) is 26.4 Å². The number of rotatable bonds is 9. The molecule has 58 heavy (non-hydrogen) atoms. The van der Waals surface area contributed by atoms with Gasteiger partial charge >= 0.3 is 11.9 Å². The Labute approximate surface area is 338 Å². The van der Waals surface area contributed by atoms with Crippen LogP contribution in [0.15, 0.2) is 42.0 Å². The maximum absolute atomic E-state index is 13.5. The monoisotopic (exact) mass is 805 g/mol. The molecule has 0 unspecified atom stereocenters. The lowest BCUT2D eigenvalue weighted by atomic mass is 9.58. The Morgan fingerprint density at radius 1 is 1.09 bits per heavy atom. The number of H-pyrrole nitrogens is 1. The Morgan fingerprint density at radius 2 is 1.90 bits per heavy atom. The highest BCUT2D eigenvalue weighted by Gasteiger charge is 2.76. The van der Waals surface area contributed by atoms with Gasteiger partial charge < -0.3 is 54.2 Å². The molecule has 8 aliphatic rings. The van der Waals surface area contributed by atoms with Crippen LogP contribution in [0, 0.1) is 29.1 Å². The lowest BCUT2D eigenvalue weighted by Crippen LogP contribution is -2.83. The van der Waals surface area contributed by atoms with Crippen molar-refractivity contribution in [3.8, 4) is 0 Å². The number of aliphatic hydroxyl groups is 4. The van der Waals surface area contributed by atoms with Gasteiger partial charge in [0.2, 0.25) is 5.79 Å². The molecule has 13 heteroatoms. The molecule has 6 N–H and O–H groups in total. The number of carboxylic acids is 1. The molecule has 5 aliphatic carbocycles. The Morgan fingerprint density at radius 3 is 2.64 bits per heavy atom. The van der Waals surface area contributed by atoms with Crippen molar-refractivity contribution in [1.82, 2.24) is 4.98 Å². The van der Waals surface area contributed by atoms with Gasteiger partial charge in [-0.1, -0.05) is 56.6 Å². The third-order valence-electron chi connectivity index (χ3n) is 15.5. The molecule has 1 aromatic heterocycles. The van der Waals surface area contributed by atoms with Gasteiger partial charge in [0, 0.05) is 46.8 Å². The number of nitrogens with one attached hydrogen (secondary N) is 1. The molecule has 1 saturated heterocycles. The van der Waals surface area contributed by atoms with Gasteiger partial charge in [0.15, 0.2) is 11.2 Å². The second-order valence-electron chi connectivity index (χ2n) is 18.2. The number of hydrogen-bond acceptors (Lipinski definition) is 11. The topological polar surface area (TPSA) is 197 Å². The largest absolute Gasteiger partial charge is 0.481 e. The fraction of sp³-hybridized carbons (Fsp3) is 0.689. The van der Waals surface area contributed by atoms with E-state index in [-0.39, 0.29) is 43.5 Å². The molecule has 7 bridgehead atoms. The maximum Gasteiger partial charge on any atom is 0.333 e. The molecular weight excluding hydrogens is 746 g/mol. The summed E-state index contributed by atoms with van der Waals surface area (Å²) in [5.41, 5.74) is -2.80. The highest BCUT2D eigenvalue weighted by molar-refractivity contribution is 5.90. The number of ether oxygens (including phenoxy) is 5. The zero-order valence-corrected chi connectivity index (χ0v) is 33.6. The van der Waals surface area contributed by atoms with E-state index in [0.29, 0.717) is 43.8 Å². The van der Waals surface area contributed by atoms with Crippen LogP contribution in [0.25, 0.3) is 11.3 Å². The van der Waals surface area contributed by atoms with Gasteiger partial charge in [0.1, 0.15) is 24.6 Å². The summed E-state index contributed by atoms with van der Waals surface area (Å²) in [6.07, 6.45) is 14.1. The molecule has 316 valence electrons. The number of esters is 1. The first-order valence-corrected chi connectivity index (χ1v) is 21.6. The molecule has 13 nitrogen and oxygen atoms in total. The molecular formula is C45H59NO12. The van der Waals surface area contributed by atoms with E-state index in [9.17, 15) is 35.1 Å². The summed E-state index contributed by atoms with van der Waals surface area (Å²) in [5, 5.41) is 59.7. The van der Waals surface area contributed by atoms with Crippen LogP contribution in [0.4, 0.5) is 0 Å². The molecule has 0 amide bonds. The Hall–Kier alpha value is -3.30. The fourth-order valence-corrected chi connectivity index (χ4v) is 12.4. The first-order valence-electron chi connectivity index (χ1n) is 21.6. The van der Waals surface area contributed by atoms with Gasteiger partial charge in [-0.05, 0) is 80.8 Å². The van der Waals surface area contributed by atoms with Crippen molar-refractivity contribution in [3.63, 3.8) is 0 Å². The van der Waals surface area contributed by atoms with Crippen LogP contribution in [0.3, 0.4) is 0 Å². The van der Waals surface area contributed by atoms with Crippen LogP contribution in [0.2, 0.25) is 0 Å². The lowest BCUT2D eigenvalue weighted by Gasteiger charge is -2.65. The van der Waals surface area contributed by atoms with E-state index in [4.69, 9.17) is 23.7 Å². The summed E-state index contributed by atoms with van der Waals surface area (Å²) in [6.45, 7) is 1.27. The van der Waals surface area contributed by atoms with Gasteiger partial charge in [-0.2, -0.15) is 0 Å². The van der Waals surface area contributed by atoms with Crippen LogP contribution in [0.1, 0.15) is 102 Å². The first kappa shape index (κ1) is 40.1. The van der Waals surface area contributed by atoms with Crippen LogP contribution >= 0.6 is 0 Å². The minimum atomic E-state index is -2.23. The molecule has 2 spiro atoms. The average molecular weight is 806 g/mol. The zero-order valence-electron chi connectivity index (χ0n) is 33.6. The third kappa shape index (κ3) is 5.89. The number of fused-ring (bicyclic) bond motifs is 6. The molecule has 12 atom stereocenters. The highest BCUT2D eigenvalue weighted by Crippen LogP contribution is 2.61. The second-order valence-corrected chi connectivity index (χ2v) is 18.2. The molecule has 4 heterocycles. The van der Waals surface area contributed by atoms with Gasteiger partial charge in [-0.15, -0.1) is 0 Å². The van der Waals surface area contributed by atoms with E-state index < -0.39 is 83.6 Å². The summed E-state index contributed by atoms with van der Waals surface area (Å²) in [7, 11) is 1.28. The van der Waals surface area contributed by atoms with Gasteiger partial charge in [-0.3, -0.25) is 4.79 Å². The number of methoxy groups -OCH3 is 1. The standard InChI is InChI=1S/C45H59NO12/c1-25(26-8-4-3-5-9-26)34-20-31-33-16-18-43(53)41(52)45(33,56-35(12-7-19-47)38(31)46-34)36-23-55-28-14-13-27-10-6-11-29-30(21-37(49)50)32(40(51)54-2)22-42(27,17-15-28)39(29)58-44(43,24-48)57-36/h6,11,15,17,20,22,25-30,36,39,41,46-48,52-53H,3-5,7-10,12-14,16,18-19,21,23-24H2,1-2H3,(H,49,50)/t25-,27-,28-,29-,30+,36-,39+,41-,42-,43-,44+,45-/m1/s1. The van der Waals surface area contributed by atoms with E-state index in [0.717, 1.165) is 34.7 Å². The van der Waals surface area contributed by atoms with E-state index >= 15 is 0 Å². The van der Waals surface area contributed by atoms with Gasteiger partial charge in [0.05, 0.1) is 37.7 Å². The van der Waals surface area contributed by atoms with Crippen molar-refractivity contribution in [2.24, 2.45) is 29.1 Å². The average Bonchev–Trinajstić information content (AvgIpc) is 3.54. The summed E-state index contributed by atoms with van der Waals surface area (Å²) >= 11 is 0. The van der Waals surface area contributed by atoms with Crippen LogP contribution in [-0.4, -0.2) is 111 Å². The van der Waals surface area contributed by atoms with E-state index in [1.54, 1.807) is 6.08 Å². The number of aromatic nitrogens is 1. The number of carbonyl (C=O) groups is 2. The first-order chi connectivity index (χ1) is 27.9. The van der Waals surface area contributed by atoms with Crippen molar-refractivity contribution < 1.29 is 58.8 Å². The van der Waals surface area contributed by atoms with Crippen LogP contribution in [-0.2, 0) is 33.3 Å². The summed E-state index contributed by atoms with van der Waals surface area (Å²) < 4.78 is 33.3. The molecule has 3 fully saturated rings. The Bertz CT molecular complexity index is 2020. The molecule has 3 aliphatic heterocycles. The Balaban J connectivity index is 1.21. The van der Waals surface area contributed by atoms with Crippen LogP contribution in [0.5, 0.6) is 0 Å². The predicted octanol–water partition coefficient (Wildman–Crippen LogP) is 2.99. The quantitative estimate of drug-likeness (QED) is 0.158. The molecule has 9 rings (SSSR count). The second kappa shape index (κ2) is 15.0. The number of allylic oxidation sites excluding steroid dienone is 1. The Kier molecular flexibility index (Phi) is 10.4. The minimum Gasteiger partial charge on any atom is -0.481 e. The smallest absolute Gasteiger partial charge is 0.333 e. The zero-order chi connectivity index (χ0) is 40.6. The third-order valence-corrected chi connectivity index (χ3v) is 15.5. The summed E-state index contributed by atoms with van der Waals surface area (Å²) in [6, 6.07) is 2.18. The summed E-state index contributed by atoms with van der Waals surface area (Å²) in [5.74, 6) is -4.33. The number of aliphatic carboxylic acids is 1. The number of carboxylic acid groups (broad SMARTS) is 1. The van der Waals surface area contributed by atoms with Gasteiger partial charge in [0.25, 0.3) is 0 Å². The number of carbonyl (C=O) groups excluding carboxylic acids is 1. The van der Waals surface area contributed by atoms with Crippen molar-refractivity contribution in [2.45, 2.75) is 138 Å². The number of aliphatic hydroxyl groups excluding tert-OH is 3. The normalized spacial score (nSPS) is 40.9. The summed E-state index contributed by atoms with van der Waals surface area (Å²) in [4.78, 5) is 29.7.